The van der Waals surface area contributed by atoms with Gasteiger partial charge in [-0.2, -0.15) is 15.8 Å². The van der Waals surface area contributed by atoms with Gasteiger partial charge in [0.05, 0.1) is 62.7 Å². The third kappa shape index (κ3) is 4.38. The highest BCUT2D eigenvalue weighted by Crippen LogP contribution is 2.39. The summed E-state index contributed by atoms with van der Waals surface area (Å²) in [5.74, 6) is 0. The van der Waals surface area contributed by atoms with Gasteiger partial charge in [0.25, 0.3) is 0 Å². The van der Waals surface area contributed by atoms with Crippen LogP contribution in [-0.4, -0.2) is 9.13 Å². The molecular formula is C45H25N5. The fourth-order valence-corrected chi connectivity index (χ4v) is 7.40. The van der Waals surface area contributed by atoms with E-state index in [1.54, 1.807) is 0 Å². The highest BCUT2D eigenvalue weighted by Gasteiger charge is 2.19. The van der Waals surface area contributed by atoms with Crippen molar-refractivity contribution >= 4 is 43.6 Å². The second-order valence-electron chi connectivity index (χ2n) is 12.3. The first kappa shape index (κ1) is 28.8. The summed E-state index contributed by atoms with van der Waals surface area (Å²) in [6.07, 6.45) is 0. The summed E-state index contributed by atoms with van der Waals surface area (Å²) in [5, 5.41) is 33.9. The van der Waals surface area contributed by atoms with Crippen molar-refractivity contribution in [3.63, 3.8) is 0 Å². The number of fused-ring (bicyclic) bond motifs is 6. The highest BCUT2D eigenvalue weighted by molar-refractivity contribution is 6.11. The van der Waals surface area contributed by atoms with E-state index >= 15 is 0 Å². The lowest BCUT2D eigenvalue weighted by Crippen LogP contribution is -1.99. The molecule has 7 aromatic carbocycles. The molecule has 0 unspecified atom stereocenters. The van der Waals surface area contributed by atoms with Gasteiger partial charge in [0.1, 0.15) is 0 Å². The summed E-state index contributed by atoms with van der Waals surface area (Å²) in [4.78, 5) is 0. The van der Waals surface area contributed by atoms with Gasteiger partial charge in [-0.15, -0.1) is 0 Å². The van der Waals surface area contributed by atoms with Crippen LogP contribution < -0.4 is 0 Å². The standard InChI is InChI=1S/C45H25N5/c46-26-29-16-22-42-39(23-29)37-11-2-3-12-40(37)49(42)35-9-5-7-33(25-35)31-17-19-32(20-18-31)45-34(28-48)8-6-14-43(45)50-41-13-4-1-10-36(41)38-21-15-30(27-47)24-44(38)50/h1-25H. The Labute approximate surface area is 287 Å². The largest absolute Gasteiger partial charge is 0.309 e. The lowest BCUT2D eigenvalue weighted by Gasteiger charge is -2.16. The van der Waals surface area contributed by atoms with E-state index in [2.05, 4.69) is 100 Å². The molecule has 9 rings (SSSR count). The monoisotopic (exact) mass is 635 g/mol. The van der Waals surface area contributed by atoms with Crippen LogP contribution in [0.4, 0.5) is 0 Å². The second kappa shape index (κ2) is 11.4. The molecule has 0 N–H and O–H groups in total. The molecule has 0 aliphatic heterocycles. The van der Waals surface area contributed by atoms with Crippen LogP contribution in [0.3, 0.4) is 0 Å². The van der Waals surface area contributed by atoms with Crippen LogP contribution in [0.2, 0.25) is 0 Å². The minimum Gasteiger partial charge on any atom is -0.309 e. The van der Waals surface area contributed by atoms with E-state index in [1.807, 2.05) is 78.9 Å². The van der Waals surface area contributed by atoms with E-state index in [0.29, 0.717) is 16.7 Å². The van der Waals surface area contributed by atoms with Gasteiger partial charge >= 0.3 is 0 Å². The average Bonchev–Trinajstić information content (AvgIpc) is 3.69. The van der Waals surface area contributed by atoms with E-state index in [1.165, 1.54) is 0 Å². The molecule has 2 aromatic heterocycles. The number of benzene rings is 7. The van der Waals surface area contributed by atoms with E-state index in [0.717, 1.165) is 77.2 Å². The number of hydrogen-bond acceptors (Lipinski definition) is 3. The molecule has 0 saturated carbocycles. The molecular weight excluding hydrogens is 611 g/mol. The van der Waals surface area contributed by atoms with Gasteiger partial charge in [-0.3, -0.25) is 0 Å². The predicted molar refractivity (Wildman–Crippen MR) is 200 cm³/mol. The first-order chi connectivity index (χ1) is 24.7. The van der Waals surface area contributed by atoms with Gasteiger partial charge in [-0.05, 0) is 83.4 Å². The van der Waals surface area contributed by atoms with Crippen molar-refractivity contribution in [3.05, 3.63) is 168 Å². The highest BCUT2D eigenvalue weighted by atomic mass is 15.0. The van der Waals surface area contributed by atoms with Crippen LogP contribution in [0.1, 0.15) is 16.7 Å². The smallest absolute Gasteiger partial charge is 0.0998 e. The first-order valence-corrected chi connectivity index (χ1v) is 16.3. The Bertz CT molecular complexity index is 2960. The second-order valence-corrected chi connectivity index (χ2v) is 12.3. The third-order valence-electron chi connectivity index (χ3n) is 9.62. The fraction of sp³-hybridized carbons (Fsp3) is 0. The van der Waals surface area contributed by atoms with Gasteiger partial charge in [0.2, 0.25) is 0 Å². The molecule has 9 aromatic rings. The molecule has 5 heteroatoms. The molecule has 0 radical (unpaired) electrons. The molecule has 230 valence electrons. The fourth-order valence-electron chi connectivity index (χ4n) is 7.40. The first-order valence-electron chi connectivity index (χ1n) is 16.3. The zero-order valence-corrected chi connectivity index (χ0v) is 26.7. The van der Waals surface area contributed by atoms with Crippen LogP contribution in [0.15, 0.2) is 152 Å². The molecule has 0 atom stereocenters. The minimum atomic E-state index is 0.575. The summed E-state index contributed by atoms with van der Waals surface area (Å²) in [6, 6.07) is 57.9. The minimum absolute atomic E-state index is 0.575. The molecule has 0 bridgehead atoms. The molecule has 0 saturated heterocycles. The Morgan fingerprint density at radius 1 is 0.380 bits per heavy atom. The van der Waals surface area contributed by atoms with Crippen LogP contribution in [0.25, 0.3) is 77.2 Å². The Morgan fingerprint density at radius 3 is 1.76 bits per heavy atom. The van der Waals surface area contributed by atoms with Crippen molar-refractivity contribution in [1.29, 1.82) is 15.8 Å². The normalized spacial score (nSPS) is 11.1. The SMILES string of the molecule is N#Cc1ccc2c(c1)c1ccccc1n2-c1cccc(-c2ccc(-c3c(C#N)cccc3-n3c4ccccc4c4ccc(C#N)cc43)cc2)c1. The number of hydrogen-bond donors (Lipinski definition) is 0. The maximum absolute atomic E-state index is 10.3. The van der Waals surface area contributed by atoms with Crippen LogP contribution in [0, 0.1) is 34.0 Å². The van der Waals surface area contributed by atoms with Crippen molar-refractivity contribution < 1.29 is 0 Å². The average molecular weight is 636 g/mol. The summed E-state index contributed by atoms with van der Waals surface area (Å²) >= 11 is 0. The summed E-state index contributed by atoms with van der Waals surface area (Å²) in [6.45, 7) is 0. The Morgan fingerprint density at radius 2 is 1.00 bits per heavy atom. The van der Waals surface area contributed by atoms with Crippen molar-refractivity contribution in [2.45, 2.75) is 0 Å². The number of nitriles is 3. The molecule has 50 heavy (non-hydrogen) atoms. The topological polar surface area (TPSA) is 81.2 Å². The van der Waals surface area contributed by atoms with E-state index in [4.69, 9.17) is 0 Å². The Hall–Kier alpha value is -7.39. The molecule has 0 amide bonds. The number of aromatic nitrogens is 2. The third-order valence-corrected chi connectivity index (χ3v) is 9.62. The lowest BCUT2D eigenvalue weighted by atomic mass is 9.95. The molecule has 2 heterocycles. The van der Waals surface area contributed by atoms with Gasteiger partial charge in [0.15, 0.2) is 0 Å². The Balaban J connectivity index is 1.18. The molecule has 0 spiro atoms. The van der Waals surface area contributed by atoms with E-state index in [9.17, 15) is 15.8 Å². The predicted octanol–water partition coefficient (Wildman–Crippen LogP) is 10.8. The van der Waals surface area contributed by atoms with E-state index in [-0.39, 0.29) is 0 Å². The van der Waals surface area contributed by atoms with Crippen molar-refractivity contribution in [1.82, 2.24) is 9.13 Å². The van der Waals surface area contributed by atoms with Crippen molar-refractivity contribution in [3.8, 4) is 51.8 Å². The van der Waals surface area contributed by atoms with Crippen molar-refractivity contribution in [2.75, 3.05) is 0 Å². The zero-order chi connectivity index (χ0) is 33.8. The van der Waals surface area contributed by atoms with Gasteiger partial charge < -0.3 is 9.13 Å². The lowest BCUT2D eigenvalue weighted by molar-refractivity contribution is 1.18. The molecule has 0 fully saturated rings. The molecule has 0 aliphatic carbocycles. The van der Waals surface area contributed by atoms with Crippen LogP contribution >= 0.6 is 0 Å². The summed E-state index contributed by atoms with van der Waals surface area (Å²) in [7, 11) is 0. The summed E-state index contributed by atoms with van der Waals surface area (Å²) in [5.41, 5.74) is 11.6. The van der Waals surface area contributed by atoms with Gasteiger partial charge in [-0.25, -0.2) is 0 Å². The van der Waals surface area contributed by atoms with Crippen LogP contribution in [-0.2, 0) is 0 Å². The van der Waals surface area contributed by atoms with Gasteiger partial charge in [-0.1, -0.05) is 84.9 Å². The molecule has 0 aliphatic rings. The van der Waals surface area contributed by atoms with Crippen LogP contribution in [0.5, 0.6) is 0 Å². The van der Waals surface area contributed by atoms with Crippen molar-refractivity contribution in [2.24, 2.45) is 0 Å². The zero-order valence-electron chi connectivity index (χ0n) is 26.7. The summed E-state index contributed by atoms with van der Waals surface area (Å²) < 4.78 is 4.42. The Kier molecular flexibility index (Phi) is 6.56. The molecule has 5 nitrogen and oxygen atoms in total. The van der Waals surface area contributed by atoms with Gasteiger partial charge in [0, 0.05) is 32.8 Å². The van der Waals surface area contributed by atoms with E-state index < -0.39 is 0 Å². The number of nitrogens with zero attached hydrogens (tertiary/aromatic N) is 5. The maximum Gasteiger partial charge on any atom is 0.0998 e. The number of rotatable bonds is 4. The quantitative estimate of drug-likeness (QED) is 0.193. The number of para-hydroxylation sites is 2. The maximum atomic E-state index is 10.3.